The van der Waals surface area contributed by atoms with Crippen LogP contribution in [0, 0.1) is 0 Å². The van der Waals surface area contributed by atoms with Gasteiger partial charge in [-0.1, -0.05) is 30.3 Å². The standard InChI is InChI=1S/C19H22N2O3/c1-24-18-8-7-16(20-19(23)21-10-9-17(22)13-21)12-15(18)11-14-5-3-2-4-6-14/h2-8,12,17,22H,9-11,13H2,1H3,(H,20,23). The summed E-state index contributed by atoms with van der Waals surface area (Å²) in [5.74, 6) is 0.799. The minimum atomic E-state index is -0.416. The van der Waals surface area contributed by atoms with Crippen LogP contribution in [0.25, 0.3) is 0 Å². The Morgan fingerprint density at radius 3 is 2.75 bits per heavy atom. The van der Waals surface area contributed by atoms with Gasteiger partial charge < -0.3 is 20.1 Å². The van der Waals surface area contributed by atoms with Crippen molar-refractivity contribution in [3.8, 4) is 5.75 Å². The number of β-amino-alcohol motifs (C(OH)–C–C–N with tert-alkyl or cyclic N) is 1. The van der Waals surface area contributed by atoms with Crippen molar-refractivity contribution in [1.29, 1.82) is 0 Å². The van der Waals surface area contributed by atoms with Gasteiger partial charge >= 0.3 is 6.03 Å². The first-order valence-corrected chi connectivity index (χ1v) is 8.10. The van der Waals surface area contributed by atoms with Crippen molar-refractivity contribution in [2.45, 2.75) is 18.9 Å². The van der Waals surface area contributed by atoms with Crippen LogP contribution in [0.1, 0.15) is 17.5 Å². The normalized spacial score (nSPS) is 16.9. The summed E-state index contributed by atoms with van der Waals surface area (Å²) in [6.07, 6.45) is 0.950. The van der Waals surface area contributed by atoms with Crippen molar-refractivity contribution in [3.63, 3.8) is 0 Å². The SMILES string of the molecule is COc1ccc(NC(=O)N2CCC(O)C2)cc1Cc1ccccc1. The van der Waals surface area contributed by atoms with Crippen LogP contribution >= 0.6 is 0 Å². The maximum Gasteiger partial charge on any atom is 0.321 e. The number of benzene rings is 2. The number of amides is 2. The molecule has 1 saturated heterocycles. The molecule has 2 amide bonds. The Hall–Kier alpha value is -2.53. The number of aliphatic hydroxyl groups is 1. The number of aliphatic hydroxyl groups excluding tert-OH is 1. The second kappa shape index (κ2) is 7.36. The molecule has 0 radical (unpaired) electrons. The Balaban J connectivity index is 1.74. The molecule has 1 atom stereocenters. The van der Waals surface area contributed by atoms with Gasteiger partial charge in [0.2, 0.25) is 0 Å². The average Bonchev–Trinajstić information content (AvgIpc) is 3.03. The molecule has 1 fully saturated rings. The number of urea groups is 1. The van der Waals surface area contributed by atoms with Crippen LogP contribution in [0.2, 0.25) is 0 Å². The van der Waals surface area contributed by atoms with Crippen LogP contribution in [0.15, 0.2) is 48.5 Å². The number of rotatable bonds is 4. The molecule has 1 heterocycles. The number of nitrogens with one attached hydrogen (secondary N) is 1. The van der Waals surface area contributed by atoms with Gasteiger partial charge in [0, 0.05) is 30.8 Å². The highest BCUT2D eigenvalue weighted by atomic mass is 16.5. The minimum absolute atomic E-state index is 0.178. The van der Waals surface area contributed by atoms with Gasteiger partial charge in [-0.2, -0.15) is 0 Å². The molecule has 1 aliphatic rings. The Bertz CT molecular complexity index is 703. The third-order valence-corrected chi connectivity index (χ3v) is 4.22. The summed E-state index contributed by atoms with van der Waals surface area (Å²) in [7, 11) is 1.65. The predicted octanol–water partition coefficient (Wildman–Crippen LogP) is 2.88. The molecular weight excluding hydrogens is 304 g/mol. The smallest absolute Gasteiger partial charge is 0.321 e. The van der Waals surface area contributed by atoms with E-state index in [0.717, 1.165) is 23.4 Å². The van der Waals surface area contributed by atoms with Crippen molar-refractivity contribution >= 4 is 11.7 Å². The number of carbonyl (C=O) groups is 1. The molecule has 2 aromatic rings. The van der Waals surface area contributed by atoms with Crippen molar-refractivity contribution in [3.05, 3.63) is 59.7 Å². The maximum atomic E-state index is 12.3. The van der Waals surface area contributed by atoms with Gasteiger partial charge in [-0.25, -0.2) is 4.79 Å². The molecule has 0 saturated carbocycles. The average molecular weight is 326 g/mol. The van der Waals surface area contributed by atoms with Gasteiger partial charge in [0.05, 0.1) is 13.2 Å². The Morgan fingerprint density at radius 2 is 2.08 bits per heavy atom. The number of carbonyl (C=O) groups excluding carboxylic acids is 1. The van der Waals surface area contributed by atoms with E-state index in [9.17, 15) is 9.90 Å². The maximum absolute atomic E-state index is 12.3. The fourth-order valence-electron chi connectivity index (χ4n) is 2.94. The van der Waals surface area contributed by atoms with E-state index in [1.807, 2.05) is 36.4 Å². The summed E-state index contributed by atoms with van der Waals surface area (Å²) in [5, 5.41) is 12.5. The first-order chi connectivity index (χ1) is 11.7. The van der Waals surface area contributed by atoms with Crippen molar-refractivity contribution in [2.24, 2.45) is 0 Å². The van der Waals surface area contributed by atoms with Gasteiger partial charge in [-0.3, -0.25) is 0 Å². The Morgan fingerprint density at radius 1 is 1.29 bits per heavy atom. The molecule has 0 aliphatic carbocycles. The van der Waals surface area contributed by atoms with E-state index in [2.05, 4.69) is 17.4 Å². The van der Waals surface area contributed by atoms with E-state index >= 15 is 0 Å². The molecule has 0 bridgehead atoms. The molecule has 2 aromatic carbocycles. The molecule has 5 nitrogen and oxygen atoms in total. The van der Waals surface area contributed by atoms with Gasteiger partial charge in [0.1, 0.15) is 5.75 Å². The van der Waals surface area contributed by atoms with Crippen molar-refractivity contribution in [1.82, 2.24) is 4.90 Å². The summed E-state index contributed by atoms with van der Waals surface area (Å²) in [5.41, 5.74) is 2.93. The number of likely N-dealkylation sites (tertiary alicyclic amines) is 1. The largest absolute Gasteiger partial charge is 0.496 e. The van der Waals surface area contributed by atoms with Gasteiger partial charge in [0.15, 0.2) is 0 Å². The first kappa shape index (κ1) is 16.3. The van der Waals surface area contributed by atoms with E-state index in [0.29, 0.717) is 19.5 Å². The molecule has 1 aliphatic heterocycles. The number of methoxy groups -OCH3 is 1. The summed E-state index contributed by atoms with van der Waals surface area (Å²) in [6.45, 7) is 0.971. The van der Waals surface area contributed by atoms with Gasteiger partial charge in [0.25, 0.3) is 0 Å². The van der Waals surface area contributed by atoms with E-state index < -0.39 is 6.10 Å². The predicted molar refractivity (Wildman–Crippen MR) is 93.5 cm³/mol. The van der Waals surface area contributed by atoms with Crippen LogP contribution in [0.3, 0.4) is 0 Å². The highest BCUT2D eigenvalue weighted by molar-refractivity contribution is 5.89. The molecule has 5 heteroatoms. The molecule has 24 heavy (non-hydrogen) atoms. The number of nitrogens with zero attached hydrogens (tertiary/aromatic N) is 1. The zero-order valence-electron chi connectivity index (χ0n) is 13.7. The summed E-state index contributed by atoms with van der Waals surface area (Å²) >= 11 is 0. The lowest BCUT2D eigenvalue weighted by Gasteiger charge is -2.17. The van der Waals surface area contributed by atoms with Crippen LogP contribution < -0.4 is 10.1 Å². The fourth-order valence-corrected chi connectivity index (χ4v) is 2.94. The first-order valence-electron chi connectivity index (χ1n) is 8.10. The lowest BCUT2D eigenvalue weighted by atomic mass is 10.0. The molecular formula is C19H22N2O3. The highest BCUT2D eigenvalue weighted by Gasteiger charge is 2.24. The molecule has 2 N–H and O–H groups in total. The van der Waals surface area contributed by atoms with Crippen molar-refractivity contribution in [2.75, 3.05) is 25.5 Å². The quantitative estimate of drug-likeness (QED) is 0.908. The third-order valence-electron chi connectivity index (χ3n) is 4.22. The number of anilines is 1. The number of hydrogen-bond acceptors (Lipinski definition) is 3. The van der Waals surface area contributed by atoms with Crippen molar-refractivity contribution < 1.29 is 14.6 Å². The summed E-state index contributed by atoms with van der Waals surface area (Å²) in [4.78, 5) is 13.9. The Kier molecular flexibility index (Phi) is 5.01. The monoisotopic (exact) mass is 326 g/mol. The lowest BCUT2D eigenvalue weighted by Crippen LogP contribution is -2.33. The second-order valence-electron chi connectivity index (χ2n) is 6.01. The minimum Gasteiger partial charge on any atom is -0.496 e. The fraction of sp³-hybridized carbons (Fsp3) is 0.316. The number of ether oxygens (including phenoxy) is 1. The molecule has 126 valence electrons. The Labute approximate surface area is 141 Å². The summed E-state index contributed by atoms with van der Waals surface area (Å²) < 4.78 is 5.44. The van der Waals surface area contributed by atoms with Crippen LogP contribution in [-0.2, 0) is 6.42 Å². The van der Waals surface area contributed by atoms with Crippen LogP contribution in [0.4, 0.5) is 10.5 Å². The highest BCUT2D eigenvalue weighted by Crippen LogP contribution is 2.25. The zero-order valence-corrected chi connectivity index (χ0v) is 13.7. The molecule has 1 unspecified atom stereocenters. The molecule has 3 rings (SSSR count). The third kappa shape index (κ3) is 3.86. The van der Waals surface area contributed by atoms with Gasteiger partial charge in [-0.05, 0) is 30.2 Å². The van der Waals surface area contributed by atoms with Crippen LogP contribution in [0.5, 0.6) is 5.75 Å². The van der Waals surface area contributed by atoms with E-state index in [4.69, 9.17) is 4.74 Å². The number of hydrogen-bond donors (Lipinski definition) is 2. The van der Waals surface area contributed by atoms with Crippen LogP contribution in [-0.4, -0.2) is 42.3 Å². The second-order valence-corrected chi connectivity index (χ2v) is 6.01. The zero-order chi connectivity index (χ0) is 16.9. The van der Waals surface area contributed by atoms with E-state index in [-0.39, 0.29) is 6.03 Å². The molecule has 0 spiro atoms. The lowest BCUT2D eigenvalue weighted by molar-refractivity contribution is 0.176. The topological polar surface area (TPSA) is 61.8 Å². The summed E-state index contributed by atoms with van der Waals surface area (Å²) in [6, 6.07) is 15.6. The molecule has 0 aromatic heterocycles. The van der Waals surface area contributed by atoms with E-state index in [1.165, 1.54) is 5.56 Å². The van der Waals surface area contributed by atoms with E-state index in [1.54, 1.807) is 12.0 Å². The van der Waals surface area contributed by atoms with Gasteiger partial charge in [-0.15, -0.1) is 0 Å².